The number of rotatable bonds is 7. The number of amides is 1. The lowest BCUT2D eigenvalue weighted by Gasteiger charge is -2.32. The van der Waals surface area contributed by atoms with Crippen LogP contribution in [0.25, 0.3) is 0 Å². The van der Waals surface area contributed by atoms with Gasteiger partial charge in [0.25, 0.3) is 0 Å². The van der Waals surface area contributed by atoms with Crippen molar-refractivity contribution in [1.29, 1.82) is 0 Å². The number of piperidine rings is 1. The van der Waals surface area contributed by atoms with Crippen molar-refractivity contribution in [2.75, 3.05) is 13.1 Å². The van der Waals surface area contributed by atoms with Crippen LogP contribution < -0.4 is 5.32 Å². The van der Waals surface area contributed by atoms with E-state index in [0.717, 1.165) is 17.7 Å². The van der Waals surface area contributed by atoms with E-state index in [2.05, 4.69) is 5.32 Å². The summed E-state index contributed by atoms with van der Waals surface area (Å²) in [5.41, 5.74) is 0.803. The molecule has 2 N–H and O–H groups in total. The van der Waals surface area contributed by atoms with E-state index in [9.17, 15) is 31.5 Å². The van der Waals surface area contributed by atoms with Gasteiger partial charge < -0.3 is 10.4 Å². The first kappa shape index (κ1) is 25.2. The molecule has 1 heterocycles. The topological polar surface area (TPSA) is 86.7 Å². The molecule has 0 aliphatic carbocycles. The molecule has 180 valence electrons. The Morgan fingerprint density at radius 2 is 1.67 bits per heavy atom. The molecule has 10 heteroatoms. The second-order valence-corrected chi connectivity index (χ2v) is 10.2. The van der Waals surface area contributed by atoms with Crippen LogP contribution in [0.3, 0.4) is 0 Å². The molecule has 0 saturated carbocycles. The van der Waals surface area contributed by atoms with Crippen LogP contribution in [-0.2, 0) is 27.4 Å². The minimum Gasteiger partial charge on any atom is -0.383 e. The van der Waals surface area contributed by atoms with Gasteiger partial charge in [-0.1, -0.05) is 29.8 Å². The Bertz CT molecular complexity index is 1050. The number of aryl methyl sites for hydroxylation is 2. The van der Waals surface area contributed by atoms with Gasteiger partial charge in [0.2, 0.25) is 15.9 Å². The van der Waals surface area contributed by atoms with Crippen molar-refractivity contribution in [2.45, 2.75) is 55.8 Å². The molecule has 2 aromatic rings. The molecular formula is C23H27F3N2O4S. The van der Waals surface area contributed by atoms with Gasteiger partial charge in [-0.05, 0) is 62.4 Å². The summed E-state index contributed by atoms with van der Waals surface area (Å²) in [6.45, 7) is 2.38. The average Bonchev–Trinajstić information content (AvgIpc) is 2.77. The standard InChI is InChI=1S/C23H27F3N2O4S/c1-16-2-9-20(10-3-16)33(31,32)28-14-12-19(13-15-28)27-22(30)21(29)11-6-17-4-7-18(8-5-17)23(24,25)26/h2-5,7-10,19,21,29H,6,11-15H2,1H3,(H,27,30). The summed E-state index contributed by atoms with van der Waals surface area (Å²) < 4.78 is 64.8. The fourth-order valence-corrected chi connectivity index (χ4v) is 5.16. The van der Waals surface area contributed by atoms with E-state index >= 15 is 0 Å². The highest BCUT2D eigenvalue weighted by molar-refractivity contribution is 7.89. The second kappa shape index (κ2) is 10.2. The molecule has 1 fully saturated rings. The van der Waals surface area contributed by atoms with E-state index in [1.165, 1.54) is 16.4 Å². The number of alkyl halides is 3. The quantitative estimate of drug-likeness (QED) is 0.632. The van der Waals surface area contributed by atoms with E-state index in [0.29, 0.717) is 18.4 Å². The van der Waals surface area contributed by atoms with Crippen molar-refractivity contribution >= 4 is 15.9 Å². The SMILES string of the molecule is Cc1ccc(S(=O)(=O)N2CCC(NC(=O)C(O)CCc3ccc(C(F)(F)F)cc3)CC2)cc1. The zero-order chi connectivity index (χ0) is 24.2. The zero-order valence-electron chi connectivity index (χ0n) is 18.2. The molecule has 1 saturated heterocycles. The molecule has 0 spiro atoms. The predicted octanol–water partition coefficient (Wildman–Crippen LogP) is 3.28. The van der Waals surface area contributed by atoms with Crippen LogP contribution in [0.5, 0.6) is 0 Å². The van der Waals surface area contributed by atoms with Crippen molar-refractivity contribution in [1.82, 2.24) is 9.62 Å². The van der Waals surface area contributed by atoms with Gasteiger partial charge in [-0.2, -0.15) is 17.5 Å². The van der Waals surface area contributed by atoms with Gasteiger partial charge in [-0.15, -0.1) is 0 Å². The lowest BCUT2D eigenvalue weighted by Crippen LogP contribution is -2.48. The number of aliphatic hydroxyl groups is 1. The van der Waals surface area contributed by atoms with Gasteiger partial charge in [0.05, 0.1) is 10.5 Å². The van der Waals surface area contributed by atoms with Gasteiger partial charge in [-0.25, -0.2) is 8.42 Å². The summed E-state index contributed by atoms with van der Waals surface area (Å²) in [6, 6.07) is 11.0. The molecule has 1 unspecified atom stereocenters. The highest BCUT2D eigenvalue weighted by Crippen LogP contribution is 2.29. The van der Waals surface area contributed by atoms with E-state index in [4.69, 9.17) is 0 Å². The maximum Gasteiger partial charge on any atom is 0.416 e. The molecule has 3 rings (SSSR count). The summed E-state index contributed by atoms with van der Waals surface area (Å²) in [4.78, 5) is 12.5. The lowest BCUT2D eigenvalue weighted by molar-refractivity contribution is -0.137. The van der Waals surface area contributed by atoms with Gasteiger partial charge >= 0.3 is 6.18 Å². The molecule has 0 bridgehead atoms. The van der Waals surface area contributed by atoms with Crippen molar-refractivity contribution in [3.8, 4) is 0 Å². The van der Waals surface area contributed by atoms with Gasteiger partial charge in [-0.3, -0.25) is 4.79 Å². The number of benzene rings is 2. The largest absolute Gasteiger partial charge is 0.416 e. The van der Waals surface area contributed by atoms with E-state index < -0.39 is 33.8 Å². The van der Waals surface area contributed by atoms with Gasteiger partial charge in [0.1, 0.15) is 6.10 Å². The Balaban J connectivity index is 1.46. The molecule has 1 amide bonds. The molecule has 33 heavy (non-hydrogen) atoms. The third kappa shape index (κ3) is 6.55. The Hall–Kier alpha value is -2.43. The first-order valence-electron chi connectivity index (χ1n) is 10.7. The van der Waals surface area contributed by atoms with Crippen LogP contribution >= 0.6 is 0 Å². The number of hydrogen-bond donors (Lipinski definition) is 2. The van der Waals surface area contributed by atoms with E-state index in [1.807, 2.05) is 6.92 Å². The molecule has 1 atom stereocenters. The highest BCUT2D eigenvalue weighted by Gasteiger charge is 2.31. The fraction of sp³-hybridized carbons (Fsp3) is 0.435. The first-order chi connectivity index (χ1) is 15.5. The molecule has 1 aliphatic heterocycles. The Morgan fingerprint density at radius 3 is 2.21 bits per heavy atom. The smallest absolute Gasteiger partial charge is 0.383 e. The normalized spacial score (nSPS) is 17.0. The molecule has 0 aromatic heterocycles. The van der Waals surface area contributed by atoms with Crippen molar-refractivity contribution in [3.05, 3.63) is 65.2 Å². The summed E-state index contributed by atoms with van der Waals surface area (Å²) in [5, 5.41) is 12.9. The second-order valence-electron chi connectivity index (χ2n) is 8.25. The third-order valence-corrected chi connectivity index (χ3v) is 7.66. The number of sulfonamides is 1. The highest BCUT2D eigenvalue weighted by atomic mass is 32.2. The Kier molecular flexibility index (Phi) is 7.81. The van der Waals surface area contributed by atoms with Crippen molar-refractivity contribution in [3.63, 3.8) is 0 Å². The molecule has 0 radical (unpaired) electrons. The number of halogens is 3. The molecule has 2 aromatic carbocycles. The maximum absolute atomic E-state index is 12.8. The number of aliphatic hydroxyl groups excluding tert-OH is 1. The number of carbonyl (C=O) groups excluding carboxylic acids is 1. The number of nitrogens with zero attached hydrogens (tertiary/aromatic N) is 1. The predicted molar refractivity (Wildman–Crippen MR) is 117 cm³/mol. The molecule has 6 nitrogen and oxygen atoms in total. The Labute approximate surface area is 191 Å². The van der Waals surface area contributed by atoms with Crippen LogP contribution in [-0.4, -0.2) is 49.0 Å². The van der Waals surface area contributed by atoms with Crippen molar-refractivity contribution < 1.29 is 31.5 Å². The minimum absolute atomic E-state index is 0.0673. The molecular weight excluding hydrogens is 457 g/mol. The summed E-state index contributed by atoms with van der Waals surface area (Å²) in [5.74, 6) is -0.568. The van der Waals surface area contributed by atoms with Crippen LogP contribution in [0.2, 0.25) is 0 Å². The van der Waals surface area contributed by atoms with Gasteiger partial charge in [0, 0.05) is 19.1 Å². The van der Waals surface area contributed by atoms with Gasteiger partial charge in [0.15, 0.2) is 0 Å². The monoisotopic (exact) mass is 484 g/mol. The number of hydrogen-bond acceptors (Lipinski definition) is 4. The average molecular weight is 485 g/mol. The van der Waals surface area contributed by atoms with Crippen LogP contribution in [0.15, 0.2) is 53.4 Å². The van der Waals surface area contributed by atoms with Crippen LogP contribution in [0.4, 0.5) is 13.2 Å². The number of carbonyl (C=O) groups is 1. The Morgan fingerprint density at radius 1 is 1.09 bits per heavy atom. The van der Waals surface area contributed by atoms with Crippen LogP contribution in [0, 0.1) is 6.92 Å². The van der Waals surface area contributed by atoms with E-state index in [-0.39, 0.29) is 36.9 Å². The summed E-state index contributed by atoms with van der Waals surface area (Å²) >= 11 is 0. The first-order valence-corrected chi connectivity index (χ1v) is 12.1. The fourth-order valence-electron chi connectivity index (χ4n) is 3.69. The molecule has 1 aliphatic rings. The zero-order valence-corrected chi connectivity index (χ0v) is 19.0. The van der Waals surface area contributed by atoms with Crippen molar-refractivity contribution in [2.24, 2.45) is 0 Å². The van der Waals surface area contributed by atoms with Crippen LogP contribution in [0.1, 0.15) is 36.0 Å². The summed E-state index contributed by atoms with van der Waals surface area (Å²) in [7, 11) is -3.60. The third-order valence-electron chi connectivity index (χ3n) is 5.75. The van der Waals surface area contributed by atoms with E-state index in [1.54, 1.807) is 24.3 Å². The maximum atomic E-state index is 12.8. The minimum atomic E-state index is -4.41. The number of nitrogens with one attached hydrogen (secondary N) is 1. The lowest BCUT2D eigenvalue weighted by atomic mass is 10.0. The summed E-state index contributed by atoms with van der Waals surface area (Å²) in [6.07, 6.45) is -4.56.